The zero-order valence-electron chi connectivity index (χ0n) is 12.8. The van der Waals surface area contributed by atoms with Gasteiger partial charge in [-0.05, 0) is 26.0 Å². The number of carbonyl (C=O) groups excluding carboxylic acids is 1. The second-order valence-electron chi connectivity index (χ2n) is 5.33. The van der Waals surface area contributed by atoms with E-state index in [-0.39, 0.29) is 31.7 Å². The molecule has 2 rings (SSSR count). The topological polar surface area (TPSA) is 84.9 Å². The third kappa shape index (κ3) is 4.11. The summed E-state index contributed by atoms with van der Waals surface area (Å²) in [4.78, 5) is 12.0. The Morgan fingerprint density at radius 2 is 2.00 bits per heavy atom. The number of rotatable bonds is 6. The fraction of sp³-hybridized carbons (Fsp3) is 0.500. The summed E-state index contributed by atoms with van der Waals surface area (Å²) in [6, 6.07) is 4.92. The number of nitrogens with one attached hydrogen (secondary N) is 1. The van der Waals surface area contributed by atoms with Gasteiger partial charge in [0, 0.05) is 30.8 Å². The zero-order valence-corrected chi connectivity index (χ0v) is 13.6. The first-order chi connectivity index (χ1) is 10.3. The van der Waals surface area contributed by atoms with E-state index >= 15 is 0 Å². The Morgan fingerprint density at radius 3 is 2.64 bits per heavy atom. The van der Waals surface area contributed by atoms with Gasteiger partial charge in [0.25, 0.3) is 0 Å². The average molecular weight is 328 g/mol. The number of anilines is 1. The SMILES string of the molecule is CC(C)N(CCC(=O)Nc1ccc2c(c1)OCO2)S(C)(=O)=O. The number of ether oxygens (including phenoxy) is 2. The summed E-state index contributed by atoms with van der Waals surface area (Å²) in [6.07, 6.45) is 1.22. The second-order valence-corrected chi connectivity index (χ2v) is 7.27. The molecule has 0 saturated heterocycles. The summed E-state index contributed by atoms with van der Waals surface area (Å²) in [5.74, 6) is 0.965. The Bertz CT molecular complexity index is 657. The van der Waals surface area contributed by atoms with Crippen molar-refractivity contribution in [3.8, 4) is 11.5 Å². The molecule has 1 N–H and O–H groups in total. The number of amides is 1. The van der Waals surface area contributed by atoms with E-state index in [1.54, 1.807) is 32.0 Å². The first-order valence-electron chi connectivity index (χ1n) is 6.93. The summed E-state index contributed by atoms with van der Waals surface area (Å²) >= 11 is 0. The van der Waals surface area contributed by atoms with Crippen molar-refractivity contribution in [1.29, 1.82) is 0 Å². The minimum atomic E-state index is -3.32. The minimum Gasteiger partial charge on any atom is -0.454 e. The van der Waals surface area contributed by atoms with E-state index in [9.17, 15) is 13.2 Å². The molecule has 1 aliphatic heterocycles. The molecule has 1 aromatic rings. The van der Waals surface area contributed by atoms with Crippen LogP contribution in [0.25, 0.3) is 0 Å². The van der Waals surface area contributed by atoms with Crippen LogP contribution in [0.4, 0.5) is 5.69 Å². The lowest BCUT2D eigenvalue weighted by atomic mass is 10.2. The molecule has 0 fully saturated rings. The van der Waals surface area contributed by atoms with Gasteiger partial charge < -0.3 is 14.8 Å². The van der Waals surface area contributed by atoms with Crippen molar-refractivity contribution in [1.82, 2.24) is 4.31 Å². The van der Waals surface area contributed by atoms with Crippen LogP contribution < -0.4 is 14.8 Å². The van der Waals surface area contributed by atoms with Crippen molar-refractivity contribution in [2.45, 2.75) is 26.3 Å². The number of sulfonamides is 1. The summed E-state index contributed by atoms with van der Waals surface area (Å²) < 4.78 is 35.0. The molecule has 0 saturated carbocycles. The Labute approximate surface area is 130 Å². The van der Waals surface area contributed by atoms with Crippen LogP contribution >= 0.6 is 0 Å². The monoisotopic (exact) mass is 328 g/mol. The predicted molar refractivity (Wildman–Crippen MR) is 82.5 cm³/mol. The minimum absolute atomic E-state index is 0.0830. The van der Waals surface area contributed by atoms with Gasteiger partial charge in [-0.25, -0.2) is 8.42 Å². The molecule has 22 heavy (non-hydrogen) atoms. The van der Waals surface area contributed by atoms with E-state index < -0.39 is 10.0 Å². The van der Waals surface area contributed by atoms with Crippen LogP contribution in [0.1, 0.15) is 20.3 Å². The summed E-state index contributed by atoms with van der Waals surface area (Å²) in [5, 5.41) is 2.72. The molecule has 0 spiro atoms. The smallest absolute Gasteiger partial charge is 0.231 e. The van der Waals surface area contributed by atoms with Crippen molar-refractivity contribution in [2.24, 2.45) is 0 Å². The van der Waals surface area contributed by atoms with E-state index in [0.29, 0.717) is 17.2 Å². The van der Waals surface area contributed by atoms with E-state index in [4.69, 9.17) is 9.47 Å². The highest BCUT2D eigenvalue weighted by molar-refractivity contribution is 7.88. The van der Waals surface area contributed by atoms with Crippen molar-refractivity contribution in [3.63, 3.8) is 0 Å². The maximum Gasteiger partial charge on any atom is 0.231 e. The zero-order chi connectivity index (χ0) is 16.3. The molecule has 1 heterocycles. The van der Waals surface area contributed by atoms with Gasteiger partial charge in [-0.3, -0.25) is 4.79 Å². The molecule has 7 nitrogen and oxygen atoms in total. The molecule has 0 aromatic heterocycles. The number of nitrogens with zero attached hydrogens (tertiary/aromatic N) is 1. The van der Waals surface area contributed by atoms with Crippen LogP contribution in [0, 0.1) is 0 Å². The third-order valence-corrected chi connectivity index (χ3v) is 4.67. The van der Waals surface area contributed by atoms with Gasteiger partial charge in [0.1, 0.15) is 0 Å². The van der Waals surface area contributed by atoms with Gasteiger partial charge in [-0.1, -0.05) is 0 Å². The van der Waals surface area contributed by atoms with E-state index in [1.165, 1.54) is 4.31 Å². The molecule has 0 unspecified atom stereocenters. The number of hydrogen-bond acceptors (Lipinski definition) is 5. The van der Waals surface area contributed by atoms with Gasteiger partial charge in [0.15, 0.2) is 11.5 Å². The van der Waals surface area contributed by atoms with E-state index in [2.05, 4.69) is 5.32 Å². The van der Waals surface area contributed by atoms with Crippen molar-refractivity contribution in [3.05, 3.63) is 18.2 Å². The predicted octanol–water partition coefficient (Wildman–Crippen LogP) is 1.41. The van der Waals surface area contributed by atoms with Crippen molar-refractivity contribution in [2.75, 3.05) is 24.9 Å². The van der Waals surface area contributed by atoms with Crippen LogP contribution in [0.2, 0.25) is 0 Å². The van der Waals surface area contributed by atoms with Crippen LogP contribution in [0.3, 0.4) is 0 Å². The first-order valence-corrected chi connectivity index (χ1v) is 8.78. The summed E-state index contributed by atoms with van der Waals surface area (Å²) in [6.45, 7) is 3.87. The molecule has 0 aliphatic carbocycles. The standard InChI is InChI=1S/C14H20N2O5S/c1-10(2)16(22(3,18)19)7-6-14(17)15-11-4-5-12-13(8-11)21-9-20-12/h4-5,8,10H,6-7,9H2,1-3H3,(H,15,17). The van der Waals surface area contributed by atoms with Gasteiger partial charge in [-0.15, -0.1) is 0 Å². The van der Waals surface area contributed by atoms with Crippen molar-refractivity contribution < 1.29 is 22.7 Å². The maximum atomic E-state index is 12.0. The third-order valence-electron chi connectivity index (χ3n) is 3.22. The Hall–Kier alpha value is -1.80. The fourth-order valence-electron chi connectivity index (χ4n) is 2.22. The summed E-state index contributed by atoms with van der Waals surface area (Å²) in [5.41, 5.74) is 0.588. The molecule has 0 bridgehead atoms. The maximum absolute atomic E-state index is 12.0. The van der Waals surface area contributed by atoms with E-state index in [1.807, 2.05) is 0 Å². The first kappa shape index (κ1) is 16.6. The van der Waals surface area contributed by atoms with Crippen LogP contribution in [0.5, 0.6) is 11.5 Å². The quantitative estimate of drug-likeness (QED) is 0.853. The molecule has 1 amide bonds. The molecular weight excluding hydrogens is 308 g/mol. The molecule has 0 radical (unpaired) electrons. The molecule has 1 aliphatic rings. The lowest BCUT2D eigenvalue weighted by Crippen LogP contribution is -2.38. The Balaban J connectivity index is 1.93. The van der Waals surface area contributed by atoms with Gasteiger partial charge >= 0.3 is 0 Å². The van der Waals surface area contributed by atoms with E-state index in [0.717, 1.165) is 6.26 Å². The second kappa shape index (κ2) is 6.53. The van der Waals surface area contributed by atoms with Gasteiger partial charge in [0.05, 0.1) is 6.26 Å². The van der Waals surface area contributed by atoms with Gasteiger partial charge in [-0.2, -0.15) is 4.31 Å². The lowest BCUT2D eigenvalue weighted by Gasteiger charge is -2.23. The highest BCUT2D eigenvalue weighted by atomic mass is 32.2. The number of benzene rings is 1. The Morgan fingerprint density at radius 1 is 1.32 bits per heavy atom. The largest absolute Gasteiger partial charge is 0.454 e. The lowest BCUT2D eigenvalue weighted by molar-refractivity contribution is -0.116. The summed E-state index contributed by atoms with van der Waals surface area (Å²) in [7, 11) is -3.32. The Kier molecular flexibility index (Phi) is 4.92. The highest BCUT2D eigenvalue weighted by Gasteiger charge is 2.21. The molecular formula is C14H20N2O5S. The molecule has 1 aromatic carbocycles. The number of carbonyl (C=O) groups is 1. The normalized spacial score (nSPS) is 13.7. The molecule has 8 heteroatoms. The highest BCUT2D eigenvalue weighted by Crippen LogP contribution is 2.34. The molecule has 122 valence electrons. The van der Waals surface area contributed by atoms with Crippen LogP contribution in [0.15, 0.2) is 18.2 Å². The van der Waals surface area contributed by atoms with Gasteiger partial charge in [0.2, 0.25) is 22.7 Å². The number of hydrogen-bond donors (Lipinski definition) is 1. The van der Waals surface area contributed by atoms with Crippen molar-refractivity contribution >= 4 is 21.6 Å². The molecule has 0 atom stereocenters. The number of fused-ring (bicyclic) bond motifs is 1. The average Bonchev–Trinajstić information content (AvgIpc) is 2.84. The van der Waals surface area contributed by atoms with Crippen LogP contribution in [-0.4, -0.2) is 44.3 Å². The van der Waals surface area contributed by atoms with Crippen LogP contribution in [-0.2, 0) is 14.8 Å². The fourth-order valence-corrected chi connectivity index (χ4v) is 3.41.